The highest BCUT2D eigenvalue weighted by molar-refractivity contribution is 7.90. The van der Waals surface area contributed by atoms with E-state index in [0.29, 0.717) is 9.65 Å². The molecule has 0 bridgehead atoms. The van der Waals surface area contributed by atoms with Crippen molar-refractivity contribution in [2.24, 2.45) is 0 Å². The van der Waals surface area contributed by atoms with Gasteiger partial charge in [0.2, 0.25) is 0 Å². The van der Waals surface area contributed by atoms with Crippen molar-refractivity contribution >= 4 is 15.9 Å². The second-order valence-electron chi connectivity index (χ2n) is 5.27. The van der Waals surface area contributed by atoms with Gasteiger partial charge in [0.05, 0.1) is 11.4 Å². The summed E-state index contributed by atoms with van der Waals surface area (Å²) in [4.78, 5) is 11.7. The summed E-state index contributed by atoms with van der Waals surface area (Å²) < 4.78 is 39.4. The van der Waals surface area contributed by atoms with Gasteiger partial charge in [-0.3, -0.25) is 4.79 Å². The highest BCUT2D eigenvalue weighted by Gasteiger charge is 2.24. The minimum Gasteiger partial charge on any atom is -0.341 e. The number of aromatic nitrogens is 4. The molecule has 10 heteroatoms. The van der Waals surface area contributed by atoms with Gasteiger partial charge in [-0.1, -0.05) is 5.92 Å². The third kappa shape index (κ3) is 3.68. The molecule has 0 aliphatic rings. The Bertz CT molecular complexity index is 1120. The summed E-state index contributed by atoms with van der Waals surface area (Å²) in [6.07, 6.45) is 5.07. The van der Waals surface area contributed by atoms with Crippen LogP contribution in [0.3, 0.4) is 0 Å². The van der Waals surface area contributed by atoms with Gasteiger partial charge in [0.15, 0.2) is 5.82 Å². The zero-order chi connectivity index (χ0) is 19.4. The Kier molecular flexibility index (Phi) is 4.96. The van der Waals surface area contributed by atoms with Crippen molar-refractivity contribution in [1.29, 1.82) is 0 Å². The van der Waals surface area contributed by atoms with Crippen LogP contribution >= 0.6 is 0 Å². The van der Waals surface area contributed by atoms with Crippen molar-refractivity contribution in [3.63, 3.8) is 0 Å². The first-order valence-electron chi connectivity index (χ1n) is 7.55. The maximum Gasteiger partial charge on any atom is 0.286 e. The van der Waals surface area contributed by atoms with Crippen LogP contribution in [0, 0.1) is 18.2 Å². The predicted molar refractivity (Wildman–Crippen MR) is 93.4 cm³/mol. The first-order valence-corrected chi connectivity index (χ1v) is 8.99. The quantitative estimate of drug-likeness (QED) is 0.659. The van der Waals surface area contributed by atoms with Crippen LogP contribution in [0.1, 0.15) is 10.4 Å². The van der Waals surface area contributed by atoms with Crippen LogP contribution in [0.25, 0.3) is 11.4 Å². The summed E-state index contributed by atoms with van der Waals surface area (Å²) in [5.74, 6) is 1.31. The monoisotopic (exact) mass is 385 g/mol. The number of carbonyl (C=O) groups excluding carboxylic acids is 1. The number of hydrogen-bond acceptors (Lipinski definition) is 6. The van der Waals surface area contributed by atoms with Gasteiger partial charge in [-0.25, -0.2) is 4.39 Å². The average Bonchev–Trinajstić information content (AvgIpc) is 3.17. The van der Waals surface area contributed by atoms with Gasteiger partial charge in [0, 0.05) is 11.1 Å². The summed E-state index contributed by atoms with van der Waals surface area (Å²) >= 11 is 0. The molecule has 0 aliphatic carbocycles. The first kappa shape index (κ1) is 18.2. The van der Waals surface area contributed by atoms with Gasteiger partial charge >= 0.3 is 0 Å². The Hall–Kier alpha value is -3.58. The lowest BCUT2D eigenvalue weighted by Crippen LogP contribution is -2.23. The van der Waals surface area contributed by atoms with E-state index in [1.165, 1.54) is 48.5 Å². The Labute approximate surface area is 154 Å². The summed E-state index contributed by atoms with van der Waals surface area (Å²) in [6, 6.07) is 10.3. The third-order valence-corrected chi connectivity index (χ3v) is 5.11. The predicted octanol–water partition coefficient (Wildman–Crippen LogP) is 1.08. The molecule has 8 nitrogen and oxygen atoms in total. The molecule has 27 heavy (non-hydrogen) atoms. The van der Waals surface area contributed by atoms with Crippen LogP contribution in [0.5, 0.6) is 0 Å². The van der Waals surface area contributed by atoms with Crippen LogP contribution in [0.4, 0.5) is 4.39 Å². The SMILES string of the molecule is C#CCNC(=O)c1ccc(S(=O)(=O)n2nnnc2-c2ccc(F)cc2)cc1. The van der Waals surface area contributed by atoms with Crippen molar-refractivity contribution in [3.05, 3.63) is 59.9 Å². The molecular formula is C17H12FN5O3S. The van der Waals surface area contributed by atoms with Crippen LogP contribution in [0.2, 0.25) is 0 Å². The van der Waals surface area contributed by atoms with Crippen LogP contribution in [-0.2, 0) is 10.0 Å². The van der Waals surface area contributed by atoms with Crippen molar-refractivity contribution in [1.82, 2.24) is 24.9 Å². The number of halogens is 1. The molecule has 1 amide bonds. The van der Waals surface area contributed by atoms with E-state index < -0.39 is 21.7 Å². The van der Waals surface area contributed by atoms with E-state index in [9.17, 15) is 17.6 Å². The number of rotatable bonds is 5. The molecule has 0 saturated carbocycles. The third-order valence-electron chi connectivity index (χ3n) is 3.54. The number of terminal acetylenes is 1. The number of tetrazole rings is 1. The molecule has 1 aromatic heterocycles. The fourth-order valence-electron chi connectivity index (χ4n) is 2.22. The largest absolute Gasteiger partial charge is 0.341 e. The van der Waals surface area contributed by atoms with Crippen LogP contribution in [0.15, 0.2) is 53.4 Å². The normalized spacial score (nSPS) is 11.0. The average molecular weight is 385 g/mol. The molecule has 0 fully saturated rings. The number of nitrogens with one attached hydrogen (secondary N) is 1. The van der Waals surface area contributed by atoms with Crippen molar-refractivity contribution in [2.45, 2.75) is 4.90 Å². The molecule has 3 aromatic rings. The zero-order valence-electron chi connectivity index (χ0n) is 13.7. The first-order chi connectivity index (χ1) is 12.9. The van der Waals surface area contributed by atoms with Gasteiger partial charge in [0.1, 0.15) is 5.82 Å². The lowest BCUT2D eigenvalue weighted by atomic mass is 10.2. The van der Waals surface area contributed by atoms with Gasteiger partial charge in [0.25, 0.3) is 15.9 Å². The molecule has 0 spiro atoms. The van der Waals surface area contributed by atoms with E-state index in [1.807, 2.05) is 0 Å². The Balaban J connectivity index is 1.94. The summed E-state index contributed by atoms with van der Waals surface area (Å²) in [5.41, 5.74) is 0.579. The molecule has 1 heterocycles. The summed E-state index contributed by atoms with van der Waals surface area (Å²) in [7, 11) is -4.12. The van der Waals surface area contributed by atoms with E-state index >= 15 is 0 Å². The topological polar surface area (TPSA) is 107 Å². The van der Waals surface area contributed by atoms with Gasteiger partial charge < -0.3 is 5.32 Å². The van der Waals surface area contributed by atoms with E-state index in [2.05, 4.69) is 26.8 Å². The lowest BCUT2D eigenvalue weighted by Gasteiger charge is -2.07. The van der Waals surface area contributed by atoms with Gasteiger partial charge in [-0.05, 0) is 59.0 Å². The minimum absolute atomic E-state index is 0.0601. The van der Waals surface area contributed by atoms with E-state index in [0.717, 1.165) is 0 Å². The molecule has 0 saturated heterocycles. The number of benzene rings is 2. The smallest absolute Gasteiger partial charge is 0.286 e. The molecule has 3 rings (SSSR count). The standard InChI is InChI=1S/C17H12FN5O3S/c1-2-11-19-17(24)13-5-9-15(10-6-13)27(25,26)23-16(20-21-22-23)12-3-7-14(18)8-4-12/h1,3-10H,11H2,(H,19,24). The highest BCUT2D eigenvalue weighted by atomic mass is 32.2. The Morgan fingerprint density at radius 2 is 1.81 bits per heavy atom. The van der Waals surface area contributed by atoms with Crippen molar-refractivity contribution in [2.75, 3.05) is 6.54 Å². The molecular weight excluding hydrogens is 373 g/mol. The second-order valence-corrected chi connectivity index (χ2v) is 7.04. The highest BCUT2D eigenvalue weighted by Crippen LogP contribution is 2.21. The molecule has 1 N–H and O–H groups in total. The zero-order valence-corrected chi connectivity index (χ0v) is 14.5. The number of amides is 1. The van der Waals surface area contributed by atoms with E-state index in [4.69, 9.17) is 6.42 Å². The molecule has 2 aromatic carbocycles. The minimum atomic E-state index is -4.12. The summed E-state index contributed by atoms with van der Waals surface area (Å²) in [5, 5.41) is 13.1. The molecule has 0 atom stereocenters. The molecule has 0 radical (unpaired) electrons. The maximum atomic E-state index is 13.1. The second kappa shape index (κ2) is 7.35. The molecule has 136 valence electrons. The summed E-state index contributed by atoms with van der Waals surface area (Å²) in [6.45, 7) is 0.0601. The Morgan fingerprint density at radius 3 is 2.44 bits per heavy atom. The maximum absolute atomic E-state index is 13.1. The van der Waals surface area contributed by atoms with Gasteiger partial charge in [-0.15, -0.1) is 15.6 Å². The number of hydrogen-bond donors (Lipinski definition) is 1. The lowest BCUT2D eigenvalue weighted by molar-refractivity contribution is 0.0958. The van der Waals surface area contributed by atoms with Crippen molar-refractivity contribution < 1.29 is 17.6 Å². The fraction of sp³-hybridized carbons (Fsp3) is 0.0588. The van der Waals surface area contributed by atoms with E-state index in [1.54, 1.807) is 0 Å². The Morgan fingerprint density at radius 1 is 1.15 bits per heavy atom. The number of nitrogens with zero attached hydrogens (tertiary/aromatic N) is 4. The van der Waals surface area contributed by atoms with E-state index in [-0.39, 0.29) is 22.8 Å². The number of carbonyl (C=O) groups is 1. The van der Waals surface area contributed by atoms with Crippen LogP contribution < -0.4 is 5.32 Å². The van der Waals surface area contributed by atoms with Gasteiger partial charge in [-0.2, -0.15) is 8.42 Å². The van der Waals surface area contributed by atoms with Crippen LogP contribution in [-0.4, -0.2) is 40.5 Å². The fourth-order valence-corrected chi connectivity index (χ4v) is 3.40. The molecule has 0 aliphatic heterocycles. The van der Waals surface area contributed by atoms with Crippen molar-refractivity contribution in [3.8, 4) is 23.7 Å². The molecule has 0 unspecified atom stereocenters.